The average Bonchev–Trinajstić information content (AvgIpc) is 3.12. The van der Waals surface area contributed by atoms with Crippen molar-refractivity contribution in [2.24, 2.45) is 0 Å². The van der Waals surface area contributed by atoms with Gasteiger partial charge in [0.1, 0.15) is 5.60 Å². The Balaban J connectivity index is 1.62. The Labute approximate surface area is 176 Å². The van der Waals surface area contributed by atoms with Gasteiger partial charge in [-0.3, -0.25) is 10.1 Å². The second kappa shape index (κ2) is 8.26. The zero-order valence-corrected chi connectivity index (χ0v) is 18.0. The first-order valence-corrected chi connectivity index (χ1v) is 9.82. The minimum absolute atomic E-state index is 0.225. The zero-order chi connectivity index (χ0) is 21.9. The van der Waals surface area contributed by atoms with E-state index in [9.17, 15) is 9.59 Å². The van der Waals surface area contributed by atoms with E-state index in [4.69, 9.17) is 14.2 Å². The fourth-order valence-electron chi connectivity index (χ4n) is 2.98. The molecule has 2 aromatic carbocycles. The van der Waals surface area contributed by atoms with Gasteiger partial charge in [0.2, 0.25) is 6.79 Å². The summed E-state index contributed by atoms with van der Waals surface area (Å²) in [6.07, 6.45) is -0.566. The Morgan fingerprint density at radius 1 is 1.00 bits per heavy atom. The molecule has 2 amide bonds. The molecule has 0 spiro atoms. The number of hydrogen-bond donors (Lipinski definition) is 2. The van der Waals surface area contributed by atoms with Gasteiger partial charge in [0.15, 0.2) is 11.5 Å². The molecule has 2 N–H and O–H groups in total. The number of carbonyl (C=O) groups excluding carboxylic acids is 2. The third-order valence-corrected chi connectivity index (χ3v) is 4.61. The summed E-state index contributed by atoms with van der Waals surface area (Å²) in [5.74, 6) is 1.22. The maximum atomic E-state index is 12.7. The largest absolute Gasteiger partial charge is 0.454 e. The Morgan fingerprint density at radius 2 is 1.73 bits per heavy atom. The summed E-state index contributed by atoms with van der Waals surface area (Å²) in [4.78, 5) is 24.6. The van der Waals surface area contributed by atoms with Gasteiger partial charge in [0.05, 0.1) is 0 Å². The molecule has 7 nitrogen and oxygen atoms in total. The second-order valence-electron chi connectivity index (χ2n) is 8.84. The highest BCUT2D eigenvalue weighted by Gasteiger charge is 2.25. The fourth-order valence-corrected chi connectivity index (χ4v) is 2.98. The average molecular weight is 412 g/mol. The van der Waals surface area contributed by atoms with Gasteiger partial charge in [0, 0.05) is 23.2 Å². The van der Waals surface area contributed by atoms with Crippen LogP contribution < -0.4 is 20.1 Å². The Hall–Kier alpha value is -3.22. The van der Waals surface area contributed by atoms with Gasteiger partial charge in [-0.1, -0.05) is 26.0 Å². The van der Waals surface area contributed by atoms with Crippen LogP contribution in [0.25, 0.3) is 0 Å². The Kier molecular flexibility index (Phi) is 5.92. The molecule has 7 heteroatoms. The first-order valence-electron chi connectivity index (χ1n) is 9.82. The Bertz CT molecular complexity index is 947. The van der Waals surface area contributed by atoms with Gasteiger partial charge in [-0.05, 0) is 56.7 Å². The maximum Gasteiger partial charge on any atom is 0.412 e. The van der Waals surface area contributed by atoms with E-state index in [-0.39, 0.29) is 18.1 Å². The molecule has 3 rings (SSSR count). The Morgan fingerprint density at radius 3 is 2.47 bits per heavy atom. The first kappa shape index (κ1) is 21.5. The van der Waals surface area contributed by atoms with Crippen molar-refractivity contribution < 1.29 is 23.8 Å². The normalized spacial score (nSPS) is 13.0. The van der Waals surface area contributed by atoms with Crippen LogP contribution in [0.5, 0.6) is 11.5 Å². The SMILES string of the molecule is CC(C)(C)OC(=O)Nc1cccc(C(=O)NCC(C)(C)c2ccc3c(c2)OCO3)c1. The summed E-state index contributed by atoms with van der Waals surface area (Å²) >= 11 is 0. The smallest absolute Gasteiger partial charge is 0.412 e. The van der Waals surface area contributed by atoms with E-state index in [0.29, 0.717) is 23.5 Å². The standard InChI is InChI=1S/C23H28N2O5/c1-22(2,3)30-21(27)25-17-8-6-7-15(11-17)20(26)24-13-23(4,5)16-9-10-18-19(12-16)29-14-28-18/h6-12H,13-14H2,1-5H3,(H,24,26)(H,25,27). The second-order valence-corrected chi connectivity index (χ2v) is 8.84. The van der Waals surface area contributed by atoms with E-state index in [0.717, 1.165) is 11.3 Å². The van der Waals surface area contributed by atoms with Crippen LogP contribution in [0.4, 0.5) is 10.5 Å². The molecule has 2 aromatic rings. The molecule has 1 heterocycles. The van der Waals surface area contributed by atoms with Crippen molar-refractivity contribution in [3.05, 3.63) is 53.6 Å². The molecule has 0 aromatic heterocycles. The molecule has 1 aliphatic rings. The molecule has 0 aliphatic carbocycles. The number of hydrogen-bond acceptors (Lipinski definition) is 5. The lowest BCUT2D eigenvalue weighted by atomic mass is 9.84. The van der Waals surface area contributed by atoms with Crippen LogP contribution in [0.2, 0.25) is 0 Å². The molecule has 1 aliphatic heterocycles. The van der Waals surface area contributed by atoms with E-state index >= 15 is 0 Å². The number of fused-ring (bicyclic) bond motifs is 1. The van der Waals surface area contributed by atoms with Gasteiger partial charge in [-0.25, -0.2) is 4.79 Å². The summed E-state index contributed by atoms with van der Waals surface area (Å²) in [5, 5.41) is 5.62. The molecule has 0 unspecified atom stereocenters. The molecule has 0 bridgehead atoms. The first-order chi connectivity index (χ1) is 14.0. The molecule has 0 radical (unpaired) electrons. The summed E-state index contributed by atoms with van der Waals surface area (Å²) in [6, 6.07) is 12.5. The van der Waals surface area contributed by atoms with Crippen molar-refractivity contribution in [2.75, 3.05) is 18.7 Å². The molecular formula is C23H28N2O5. The summed E-state index contributed by atoms with van der Waals surface area (Å²) in [5.41, 5.74) is 1.06. The number of ether oxygens (including phenoxy) is 3. The molecular weight excluding hydrogens is 384 g/mol. The van der Waals surface area contributed by atoms with E-state index in [1.807, 2.05) is 32.0 Å². The van der Waals surface area contributed by atoms with Crippen LogP contribution in [0.15, 0.2) is 42.5 Å². The van der Waals surface area contributed by atoms with Crippen LogP contribution >= 0.6 is 0 Å². The van der Waals surface area contributed by atoms with Crippen molar-refractivity contribution >= 4 is 17.7 Å². The van der Waals surface area contributed by atoms with Crippen LogP contribution in [0.1, 0.15) is 50.5 Å². The highest BCUT2D eigenvalue weighted by atomic mass is 16.7. The van der Waals surface area contributed by atoms with Gasteiger partial charge in [-0.2, -0.15) is 0 Å². The lowest BCUT2D eigenvalue weighted by Gasteiger charge is -2.26. The third-order valence-electron chi connectivity index (χ3n) is 4.61. The number of anilines is 1. The molecule has 0 saturated heterocycles. The fraction of sp³-hybridized carbons (Fsp3) is 0.391. The number of amides is 2. The summed E-state index contributed by atoms with van der Waals surface area (Å²) < 4.78 is 16.1. The van der Waals surface area contributed by atoms with Crippen molar-refractivity contribution in [1.82, 2.24) is 5.32 Å². The quantitative estimate of drug-likeness (QED) is 0.757. The van der Waals surface area contributed by atoms with Crippen molar-refractivity contribution in [3.63, 3.8) is 0 Å². The van der Waals surface area contributed by atoms with Crippen molar-refractivity contribution in [3.8, 4) is 11.5 Å². The number of benzene rings is 2. The molecule has 0 fully saturated rings. The van der Waals surface area contributed by atoms with Gasteiger partial charge >= 0.3 is 6.09 Å². The predicted molar refractivity (Wildman–Crippen MR) is 114 cm³/mol. The van der Waals surface area contributed by atoms with Crippen LogP contribution in [0.3, 0.4) is 0 Å². The van der Waals surface area contributed by atoms with E-state index in [1.165, 1.54) is 0 Å². The molecule has 160 valence electrons. The summed E-state index contributed by atoms with van der Waals surface area (Å²) in [6.45, 7) is 10.1. The van der Waals surface area contributed by atoms with Crippen LogP contribution in [-0.2, 0) is 10.2 Å². The van der Waals surface area contributed by atoms with Crippen molar-refractivity contribution in [1.29, 1.82) is 0 Å². The number of carbonyl (C=O) groups is 2. The van der Waals surface area contributed by atoms with Crippen LogP contribution in [-0.4, -0.2) is 30.9 Å². The predicted octanol–water partition coefficient (Wildman–Crippen LogP) is 4.47. The van der Waals surface area contributed by atoms with E-state index < -0.39 is 11.7 Å². The maximum absolute atomic E-state index is 12.7. The van der Waals surface area contributed by atoms with E-state index in [2.05, 4.69) is 10.6 Å². The number of nitrogens with one attached hydrogen (secondary N) is 2. The molecule has 0 saturated carbocycles. The number of rotatable bonds is 5. The summed E-state index contributed by atoms with van der Waals surface area (Å²) in [7, 11) is 0. The highest BCUT2D eigenvalue weighted by molar-refractivity contribution is 5.96. The topological polar surface area (TPSA) is 85.9 Å². The van der Waals surface area contributed by atoms with Gasteiger partial charge in [-0.15, -0.1) is 0 Å². The minimum Gasteiger partial charge on any atom is -0.454 e. The zero-order valence-electron chi connectivity index (χ0n) is 18.0. The third kappa shape index (κ3) is 5.43. The van der Waals surface area contributed by atoms with Gasteiger partial charge in [0.25, 0.3) is 5.91 Å². The molecule has 0 atom stereocenters. The lowest BCUT2D eigenvalue weighted by Crippen LogP contribution is -2.36. The van der Waals surface area contributed by atoms with E-state index in [1.54, 1.807) is 45.0 Å². The monoisotopic (exact) mass is 412 g/mol. The van der Waals surface area contributed by atoms with Crippen molar-refractivity contribution in [2.45, 2.75) is 45.6 Å². The van der Waals surface area contributed by atoms with Gasteiger partial charge < -0.3 is 19.5 Å². The minimum atomic E-state index is -0.598. The van der Waals surface area contributed by atoms with Crippen LogP contribution in [0, 0.1) is 0 Å². The highest BCUT2D eigenvalue weighted by Crippen LogP contribution is 2.36. The lowest BCUT2D eigenvalue weighted by molar-refractivity contribution is 0.0635. The molecule has 30 heavy (non-hydrogen) atoms.